The normalized spacial score (nSPS) is 32.6. The number of rotatable bonds is 4. The fourth-order valence-electron chi connectivity index (χ4n) is 2.16. The van der Waals surface area contributed by atoms with Crippen molar-refractivity contribution in [1.29, 1.82) is 0 Å². The zero-order valence-electron chi connectivity index (χ0n) is 9.79. The monoisotopic (exact) mass is 199 g/mol. The van der Waals surface area contributed by atoms with Crippen LogP contribution in [0.2, 0.25) is 0 Å². The second-order valence-corrected chi connectivity index (χ2v) is 4.80. The molecule has 84 valence electrons. The Labute approximate surface area is 88.1 Å². The molecule has 2 N–H and O–H groups in total. The molecule has 0 radical (unpaired) electrons. The van der Waals surface area contributed by atoms with Crippen molar-refractivity contribution < 1.29 is 5.11 Å². The predicted octanol–water partition coefficient (Wildman–Crippen LogP) is 2.31. The Morgan fingerprint density at radius 2 is 1.93 bits per heavy atom. The largest absolute Gasteiger partial charge is 0.392 e. The van der Waals surface area contributed by atoms with Crippen molar-refractivity contribution in [2.45, 2.75) is 71.1 Å². The molecular weight excluding hydrogens is 174 g/mol. The Bertz CT molecular complexity index is 160. The van der Waals surface area contributed by atoms with E-state index in [4.69, 9.17) is 0 Å². The highest BCUT2D eigenvalue weighted by Gasteiger charge is 2.25. The van der Waals surface area contributed by atoms with E-state index in [1.807, 2.05) is 0 Å². The van der Waals surface area contributed by atoms with Crippen molar-refractivity contribution in [2.24, 2.45) is 5.92 Å². The van der Waals surface area contributed by atoms with Crippen molar-refractivity contribution in [1.82, 2.24) is 5.32 Å². The summed E-state index contributed by atoms with van der Waals surface area (Å²) in [5, 5.41) is 13.4. The Morgan fingerprint density at radius 1 is 1.29 bits per heavy atom. The van der Waals surface area contributed by atoms with E-state index in [-0.39, 0.29) is 6.10 Å². The standard InChI is InChI=1S/C12H25NO/c1-4-9(2)10(3)13-11-7-5-6-8-12(11)14/h9-14H,4-8H2,1-3H3/t9-,10+,11+,12-/m0/s1. The molecule has 0 spiro atoms. The lowest BCUT2D eigenvalue weighted by Crippen LogP contribution is -2.47. The van der Waals surface area contributed by atoms with Crippen LogP contribution in [0.15, 0.2) is 0 Å². The second kappa shape index (κ2) is 5.72. The highest BCUT2D eigenvalue weighted by Crippen LogP contribution is 2.20. The van der Waals surface area contributed by atoms with Gasteiger partial charge in [-0.25, -0.2) is 0 Å². The maximum Gasteiger partial charge on any atom is 0.0693 e. The Balaban J connectivity index is 2.34. The fraction of sp³-hybridized carbons (Fsp3) is 1.00. The van der Waals surface area contributed by atoms with Crippen molar-refractivity contribution in [3.63, 3.8) is 0 Å². The SMILES string of the molecule is CC[C@H](C)[C@@H](C)N[C@@H]1CCCC[C@@H]1O. The van der Waals surface area contributed by atoms with Crippen LogP contribution in [0.3, 0.4) is 0 Å². The lowest BCUT2D eigenvalue weighted by molar-refractivity contribution is 0.0817. The minimum Gasteiger partial charge on any atom is -0.392 e. The number of hydrogen-bond acceptors (Lipinski definition) is 2. The zero-order chi connectivity index (χ0) is 10.6. The first-order valence-corrected chi connectivity index (χ1v) is 6.09. The quantitative estimate of drug-likeness (QED) is 0.728. The lowest BCUT2D eigenvalue weighted by Gasteiger charge is -2.33. The van der Waals surface area contributed by atoms with Gasteiger partial charge in [0.15, 0.2) is 0 Å². The van der Waals surface area contributed by atoms with Gasteiger partial charge >= 0.3 is 0 Å². The van der Waals surface area contributed by atoms with Crippen LogP contribution in [0.5, 0.6) is 0 Å². The van der Waals surface area contributed by atoms with Gasteiger partial charge in [-0.1, -0.05) is 33.1 Å². The van der Waals surface area contributed by atoms with E-state index in [2.05, 4.69) is 26.1 Å². The molecule has 4 atom stereocenters. The number of nitrogens with one attached hydrogen (secondary N) is 1. The van der Waals surface area contributed by atoms with Gasteiger partial charge in [0.1, 0.15) is 0 Å². The lowest BCUT2D eigenvalue weighted by atomic mass is 9.90. The smallest absolute Gasteiger partial charge is 0.0693 e. The van der Waals surface area contributed by atoms with Crippen molar-refractivity contribution >= 4 is 0 Å². The van der Waals surface area contributed by atoms with Crippen LogP contribution in [-0.2, 0) is 0 Å². The van der Waals surface area contributed by atoms with Crippen molar-refractivity contribution in [3.8, 4) is 0 Å². The third kappa shape index (κ3) is 3.25. The first-order valence-electron chi connectivity index (χ1n) is 6.09. The summed E-state index contributed by atoms with van der Waals surface area (Å²) in [5.74, 6) is 0.698. The van der Waals surface area contributed by atoms with Gasteiger partial charge in [-0.3, -0.25) is 0 Å². The van der Waals surface area contributed by atoms with E-state index >= 15 is 0 Å². The fourth-order valence-corrected chi connectivity index (χ4v) is 2.16. The molecule has 0 aromatic heterocycles. The first-order chi connectivity index (χ1) is 6.65. The van der Waals surface area contributed by atoms with Crippen molar-refractivity contribution in [2.75, 3.05) is 0 Å². The summed E-state index contributed by atoms with van der Waals surface area (Å²) in [7, 11) is 0. The molecule has 0 amide bonds. The maximum atomic E-state index is 9.81. The molecule has 1 aliphatic rings. The Morgan fingerprint density at radius 3 is 2.50 bits per heavy atom. The van der Waals surface area contributed by atoms with Gasteiger partial charge < -0.3 is 10.4 Å². The van der Waals surface area contributed by atoms with Crippen LogP contribution in [0, 0.1) is 5.92 Å². The minimum atomic E-state index is -0.116. The summed E-state index contributed by atoms with van der Waals surface area (Å²) < 4.78 is 0. The van der Waals surface area contributed by atoms with Gasteiger partial charge in [0.05, 0.1) is 6.10 Å². The van der Waals surface area contributed by atoms with Gasteiger partial charge in [-0.15, -0.1) is 0 Å². The van der Waals surface area contributed by atoms with Crippen LogP contribution < -0.4 is 5.32 Å². The molecule has 1 fully saturated rings. The Hall–Kier alpha value is -0.0800. The molecule has 0 bridgehead atoms. The molecule has 0 aromatic rings. The molecular formula is C12H25NO. The van der Waals surface area contributed by atoms with E-state index in [1.54, 1.807) is 0 Å². The first kappa shape index (κ1) is 12.0. The van der Waals surface area contributed by atoms with Gasteiger partial charge in [0.25, 0.3) is 0 Å². The average molecular weight is 199 g/mol. The van der Waals surface area contributed by atoms with E-state index in [0.29, 0.717) is 18.0 Å². The molecule has 2 heteroatoms. The summed E-state index contributed by atoms with van der Waals surface area (Å²) in [6.07, 6.45) is 5.67. The molecule has 0 heterocycles. The average Bonchev–Trinajstić information content (AvgIpc) is 2.20. The predicted molar refractivity (Wildman–Crippen MR) is 60.3 cm³/mol. The highest BCUT2D eigenvalue weighted by molar-refractivity contribution is 4.83. The molecule has 1 saturated carbocycles. The van der Waals surface area contributed by atoms with Crippen molar-refractivity contribution in [3.05, 3.63) is 0 Å². The number of aliphatic hydroxyl groups is 1. The van der Waals surface area contributed by atoms with Crippen LogP contribution in [-0.4, -0.2) is 23.3 Å². The maximum absolute atomic E-state index is 9.81. The summed E-state index contributed by atoms with van der Waals surface area (Å²) in [6.45, 7) is 6.72. The Kier molecular flexibility index (Phi) is 4.90. The zero-order valence-corrected chi connectivity index (χ0v) is 9.79. The number of hydrogen-bond donors (Lipinski definition) is 2. The van der Waals surface area contributed by atoms with Gasteiger partial charge in [0, 0.05) is 12.1 Å². The summed E-state index contributed by atoms with van der Waals surface area (Å²) in [5.41, 5.74) is 0. The van der Waals surface area contributed by atoms with E-state index < -0.39 is 0 Å². The van der Waals surface area contributed by atoms with Gasteiger partial charge in [-0.2, -0.15) is 0 Å². The molecule has 0 aliphatic heterocycles. The third-order valence-corrected chi connectivity index (χ3v) is 3.70. The molecule has 0 unspecified atom stereocenters. The van der Waals surface area contributed by atoms with Gasteiger partial charge in [0.2, 0.25) is 0 Å². The highest BCUT2D eigenvalue weighted by atomic mass is 16.3. The van der Waals surface area contributed by atoms with E-state index in [0.717, 1.165) is 12.8 Å². The van der Waals surface area contributed by atoms with Gasteiger partial charge in [-0.05, 0) is 25.7 Å². The van der Waals surface area contributed by atoms with E-state index in [9.17, 15) is 5.11 Å². The molecule has 0 aromatic carbocycles. The van der Waals surface area contributed by atoms with Crippen LogP contribution in [0.4, 0.5) is 0 Å². The second-order valence-electron chi connectivity index (χ2n) is 4.80. The summed E-state index contributed by atoms with van der Waals surface area (Å²) in [6, 6.07) is 0.866. The summed E-state index contributed by atoms with van der Waals surface area (Å²) in [4.78, 5) is 0. The molecule has 14 heavy (non-hydrogen) atoms. The minimum absolute atomic E-state index is 0.116. The number of aliphatic hydroxyl groups excluding tert-OH is 1. The van der Waals surface area contributed by atoms with Crippen LogP contribution in [0.1, 0.15) is 52.9 Å². The third-order valence-electron chi connectivity index (χ3n) is 3.70. The van der Waals surface area contributed by atoms with Crippen LogP contribution in [0.25, 0.3) is 0 Å². The molecule has 1 rings (SSSR count). The summed E-state index contributed by atoms with van der Waals surface area (Å²) >= 11 is 0. The molecule has 0 saturated heterocycles. The molecule has 1 aliphatic carbocycles. The van der Waals surface area contributed by atoms with Crippen LogP contribution >= 0.6 is 0 Å². The topological polar surface area (TPSA) is 32.3 Å². The molecule has 2 nitrogen and oxygen atoms in total. The van der Waals surface area contributed by atoms with E-state index in [1.165, 1.54) is 19.3 Å².